The predicted octanol–water partition coefficient (Wildman–Crippen LogP) is 3.05. The van der Waals surface area contributed by atoms with E-state index in [2.05, 4.69) is 6.58 Å². The van der Waals surface area contributed by atoms with Gasteiger partial charge in [-0.2, -0.15) is 13.2 Å². The van der Waals surface area contributed by atoms with Crippen LogP contribution in [0.1, 0.15) is 9.67 Å². The van der Waals surface area contributed by atoms with Crippen LogP contribution in [0.15, 0.2) is 29.7 Å². The summed E-state index contributed by atoms with van der Waals surface area (Å²) in [5, 5.41) is 1.54. The average molecular weight is 206 g/mol. The third kappa shape index (κ3) is 2.18. The van der Waals surface area contributed by atoms with Gasteiger partial charge in [-0.05, 0) is 11.4 Å². The van der Waals surface area contributed by atoms with Gasteiger partial charge in [-0.1, -0.05) is 12.6 Å². The molecule has 5 heteroatoms. The minimum Gasteiger partial charge on any atom is -0.288 e. The summed E-state index contributed by atoms with van der Waals surface area (Å²) in [6.07, 6.45) is -4.64. The Morgan fingerprint density at radius 3 is 2.46 bits per heavy atom. The average Bonchev–Trinajstić information content (AvgIpc) is 2.51. The van der Waals surface area contributed by atoms with Crippen molar-refractivity contribution < 1.29 is 18.0 Å². The third-order valence-corrected chi connectivity index (χ3v) is 2.23. The molecule has 0 fully saturated rings. The van der Waals surface area contributed by atoms with E-state index < -0.39 is 17.5 Å². The largest absolute Gasteiger partial charge is 0.419 e. The van der Waals surface area contributed by atoms with E-state index in [0.717, 1.165) is 11.3 Å². The molecule has 0 unspecified atom stereocenters. The predicted molar refractivity (Wildman–Crippen MR) is 43.8 cm³/mol. The molecule has 70 valence electrons. The quantitative estimate of drug-likeness (QED) is 0.537. The van der Waals surface area contributed by atoms with E-state index in [1.165, 1.54) is 17.5 Å². The van der Waals surface area contributed by atoms with Crippen molar-refractivity contribution in [3.05, 3.63) is 34.5 Å². The minimum absolute atomic E-state index is 0.0577. The van der Waals surface area contributed by atoms with Gasteiger partial charge in [-0.15, -0.1) is 11.3 Å². The number of hydrogen-bond donors (Lipinski definition) is 0. The van der Waals surface area contributed by atoms with Gasteiger partial charge >= 0.3 is 6.18 Å². The maximum atomic E-state index is 12.0. The van der Waals surface area contributed by atoms with Gasteiger partial charge in [0.1, 0.15) is 0 Å². The van der Waals surface area contributed by atoms with E-state index >= 15 is 0 Å². The van der Waals surface area contributed by atoms with Crippen molar-refractivity contribution in [1.82, 2.24) is 0 Å². The lowest BCUT2D eigenvalue weighted by molar-refractivity contribution is -0.0883. The molecule has 0 atom stereocenters. The van der Waals surface area contributed by atoms with Crippen LogP contribution in [0.3, 0.4) is 0 Å². The summed E-state index contributed by atoms with van der Waals surface area (Å²) in [5.74, 6) is -1.05. The van der Waals surface area contributed by atoms with Crippen molar-refractivity contribution in [2.45, 2.75) is 6.18 Å². The summed E-state index contributed by atoms with van der Waals surface area (Å²) in [4.78, 5) is 11.1. The number of alkyl halides is 3. The second-order valence-electron chi connectivity index (χ2n) is 2.28. The maximum Gasteiger partial charge on any atom is 0.419 e. The Morgan fingerprint density at radius 1 is 1.46 bits per heavy atom. The number of allylic oxidation sites excluding steroid dienone is 1. The number of ketones is 1. The fourth-order valence-corrected chi connectivity index (χ4v) is 1.38. The SMILES string of the molecule is C=C(C(=O)c1cccs1)C(F)(F)F. The van der Waals surface area contributed by atoms with Gasteiger partial charge in [-0.25, -0.2) is 0 Å². The maximum absolute atomic E-state index is 12.0. The first-order valence-corrected chi connectivity index (χ1v) is 4.15. The third-order valence-electron chi connectivity index (χ3n) is 1.36. The van der Waals surface area contributed by atoms with Crippen LogP contribution >= 0.6 is 11.3 Å². The zero-order valence-corrected chi connectivity index (χ0v) is 7.21. The Hall–Kier alpha value is -1.10. The summed E-state index contributed by atoms with van der Waals surface area (Å²) in [7, 11) is 0. The number of carbonyl (C=O) groups is 1. The number of hydrogen-bond acceptors (Lipinski definition) is 2. The van der Waals surface area contributed by atoms with Gasteiger partial charge in [0, 0.05) is 0 Å². The number of rotatable bonds is 2. The summed E-state index contributed by atoms with van der Waals surface area (Å²) in [6.45, 7) is 2.71. The fraction of sp³-hybridized carbons (Fsp3) is 0.125. The summed E-state index contributed by atoms with van der Waals surface area (Å²) >= 11 is 0.965. The molecule has 0 amide bonds. The fourth-order valence-electron chi connectivity index (χ4n) is 0.685. The number of Topliss-reactive ketones (excluding diaryl/α,β-unsaturated/α-hetero) is 1. The van der Waals surface area contributed by atoms with Crippen molar-refractivity contribution in [2.75, 3.05) is 0 Å². The summed E-state index contributed by atoms with van der Waals surface area (Å²) in [6, 6.07) is 2.85. The molecule has 0 aliphatic heterocycles. The molecule has 13 heavy (non-hydrogen) atoms. The van der Waals surface area contributed by atoms with E-state index in [1.54, 1.807) is 0 Å². The Bertz CT molecular complexity index is 324. The highest BCUT2D eigenvalue weighted by Gasteiger charge is 2.37. The number of thiophene rings is 1. The first-order chi connectivity index (χ1) is 5.93. The smallest absolute Gasteiger partial charge is 0.288 e. The van der Waals surface area contributed by atoms with Crippen LogP contribution in [0.2, 0.25) is 0 Å². The molecule has 1 aromatic heterocycles. The standard InChI is InChI=1S/C8H5F3OS/c1-5(8(9,10)11)7(12)6-3-2-4-13-6/h2-4H,1H2. The van der Waals surface area contributed by atoms with E-state index in [1.807, 2.05) is 0 Å². The minimum atomic E-state index is -4.64. The highest BCUT2D eigenvalue weighted by Crippen LogP contribution is 2.28. The molecule has 0 N–H and O–H groups in total. The lowest BCUT2D eigenvalue weighted by Crippen LogP contribution is -2.18. The van der Waals surface area contributed by atoms with Crippen molar-refractivity contribution in [3.63, 3.8) is 0 Å². The lowest BCUT2D eigenvalue weighted by Gasteiger charge is -2.06. The molecule has 0 radical (unpaired) electrons. The first kappa shape index (κ1) is 9.98. The van der Waals surface area contributed by atoms with Gasteiger partial charge in [0.15, 0.2) is 0 Å². The Kier molecular flexibility index (Phi) is 2.56. The topological polar surface area (TPSA) is 17.1 Å². The van der Waals surface area contributed by atoms with Gasteiger partial charge < -0.3 is 0 Å². The second kappa shape index (κ2) is 3.33. The van der Waals surface area contributed by atoms with Crippen LogP contribution in [-0.4, -0.2) is 12.0 Å². The van der Waals surface area contributed by atoms with Gasteiger partial charge in [0.25, 0.3) is 0 Å². The van der Waals surface area contributed by atoms with Crippen LogP contribution in [-0.2, 0) is 0 Å². The molecule has 0 saturated carbocycles. The van der Waals surface area contributed by atoms with Crippen LogP contribution in [0.4, 0.5) is 13.2 Å². The molecular formula is C8H5F3OS. The molecule has 0 spiro atoms. The van der Waals surface area contributed by atoms with Gasteiger partial charge in [0.2, 0.25) is 5.78 Å². The van der Waals surface area contributed by atoms with Crippen molar-refractivity contribution in [2.24, 2.45) is 0 Å². The Morgan fingerprint density at radius 2 is 2.08 bits per heavy atom. The molecule has 0 bridgehead atoms. The Balaban J connectivity index is 2.88. The number of halogens is 3. The molecular weight excluding hydrogens is 201 g/mol. The normalized spacial score (nSPS) is 11.3. The van der Waals surface area contributed by atoms with Gasteiger partial charge in [-0.3, -0.25) is 4.79 Å². The van der Waals surface area contributed by atoms with E-state index in [-0.39, 0.29) is 4.88 Å². The molecule has 0 aliphatic rings. The Labute approximate surface area is 76.5 Å². The molecule has 0 aliphatic carbocycles. The van der Waals surface area contributed by atoms with E-state index in [4.69, 9.17) is 0 Å². The lowest BCUT2D eigenvalue weighted by atomic mass is 10.1. The number of carbonyl (C=O) groups excluding carboxylic acids is 1. The van der Waals surface area contributed by atoms with Crippen LogP contribution in [0.25, 0.3) is 0 Å². The zero-order chi connectivity index (χ0) is 10.1. The van der Waals surface area contributed by atoms with Crippen molar-refractivity contribution >= 4 is 17.1 Å². The summed E-state index contributed by atoms with van der Waals surface area (Å²) in [5.41, 5.74) is -1.32. The van der Waals surface area contributed by atoms with Crippen LogP contribution in [0, 0.1) is 0 Å². The van der Waals surface area contributed by atoms with Crippen molar-refractivity contribution in [1.29, 1.82) is 0 Å². The zero-order valence-electron chi connectivity index (χ0n) is 6.39. The van der Waals surface area contributed by atoms with E-state index in [0.29, 0.717) is 0 Å². The van der Waals surface area contributed by atoms with Crippen LogP contribution < -0.4 is 0 Å². The highest BCUT2D eigenvalue weighted by molar-refractivity contribution is 7.12. The van der Waals surface area contributed by atoms with Crippen LogP contribution in [0.5, 0.6) is 0 Å². The first-order valence-electron chi connectivity index (χ1n) is 3.27. The monoisotopic (exact) mass is 206 g/mol. The van der Waals surface area contributed by atoms with E-state index in [9.17, 15) is 18.0 Å². The van der Waals surface area contributed by atoms with Gasteiger partial charge in [0.05, 0.1) is 10.5 Å². The molecule has 1 rings (SSSR count). The molecule has 1 nitrogen and oxygen atoms in total. The molecule has 0 saturated heterocycles. The molecule has 0 aromatic carbocycles. The van der Waals surface area contributed by atoms with Crippen molar-refractivity contribution in [3.8, 4) is 0 Å². The summed E-state index contributed by atoms with van der Waals surface area (Å²) < 4.78 is 35.9. The highest BCUT2D eigenvalue weighted by atomic mass is 32.1. The molecule has 1 heterocycles. The second-order valence-corrected chi connectivity index (χ2v) is 3.23. The molecule has 1 aromatic rings.